The maximum absolute atomic E-state index is 10.9. The Labute approximate surface area is 76.4 Å². The van der Waals surface area contributed by atoms with E-state index < -0.39 is 5.54 Å². The average molecular weight is 182 g/mol. The van der Waals surface area contributed by atoms with E-state index in [1.54, 1.807) is 19.9 Å². The molecule has 4 heteroatoms. The number of pyridine rings is 1. The Morgan fingerprint density at radius 2 is 2.23 bits per heavy atom. The Bertz CT molecular complexity index is 355. The lowest BCUT2D eigenvalue weighted by atomic mass is 9.93. The van der Waals surface area contributed by atoms with Gasteiger partial charge in [0.15, 0.2) is 0 Å². The number of hydrogen-bond acceptors (Lipinski definition) is 3. The molecular formula is C9H14N2O2. The number of aromatic nitrogens is 1. The largest absolute Gasteiger partial charge is 0.394 e. The van der Waals surface area contributed by atoms with Crippen molar-refractivity contribution in [3.05, 3.63) is 33.7 Å². The van der Waals surface area contributed by atoms with Crippen LogP contribution < -0.4 is 11.3 Å². The first-order valence-electron chi connectivity index (χ1n) is 4.07. The van der Waals surface area contributed by atoms with Gasteiger partial charge in [-0.2, -0.15) is 0 Å². The lowest BCUT2D eigenvalue weighted by molar-refractivity contribution is 0.209. The second kappa shape index (κ2) is 3.32. The summed E-state index contributed by atoms with van der Waals surface area (Å²) in [5.74, 6) is 0. The second-order valence-corrected chi connectivity index (χ2v) is 3.44. The summed E-state index contributed by atoms with van der Waals surface area (Å²) in [6.45, 7) is 3.32. The van der Waals surface area contributed by atoms with Gasteiger partial charge < -0.3 is 15.8 Å². The van der Waals surface area contributed by atoms with Gasteiger partial charge in [-0.3, -0.25) is 4.79 Å². The predicted octanol–water partition coefficient (Wildman–Crippen LogP) is -0.150. The average Bonchev–Trinajstić information content (AvgIpc) is 2.03. The second-order valence-electron chi connectivity index (χ2n) is 3.44. The van der Waals surface area contributed by atoms with Gasteiger partial charge in [-0.05, 0) is 25.5 Å². The van der Waals surface area contributed by atoms with E-state index in [-0.39, 0.29) is 12.2 Å². The Hall–Kier alpha value is -1.13. The summed E-state index contributed by atoms with van der Waals surface area (Å²) in [6, 6.07) is 3.05. The van der Waals surface area contributed by atoms with E-state index >= 15 is 0 Å². The summed E-state index contributed by atoms with van der Waals surface area (Å²) in [4.78, 5) is 13.5. The first-order chi connectivity index (χ1) is 5.97. The van der Waals surface area contributed by atoms with Gasteiger partial charge in [-0.25, -0.2) is 0 Å². The van der Waals surface area contributed by atoms with Crippen LogP contribution in [0.3, 0.4) is 0 Å². The Kier molecular flexibility index (Phi) is 2.54. The molecule has 1 aromatic heterocycles. The van der Waals surface area contributed by atoms with Gasteiger partial charge in [0.2, 0.25) is 5.56 Å². The van der Waals surface area contributed by atoms with E-state index in [4.69, 9.17) is 10.8 Å². The van der Waals surface area contributed by atoms with Crippen molar-refractivity contribution in [3.8, 4) is 0 Å². The van der Waals surface area contributed by atoms with Crippen LogP contribution in [0.4, 0.5) is 0 Å². The van der Waals surface area contributed by atoms with Crippen LogP contribution in [0, 0.1) is 6.92 Å². The molecule has 13 heavy (non-hydrogen) atoms. The van der Waals surface area contributed by atoms with Crippen molar-refractivity contribution in [2.24, 2.45) is 5.73 Å². The molecule has 0 fully saturated rings. The number of aryl methyl sites for hydroxylation is 1. The molecule has 0 unspecified atom stereocenters. The number of nitrogens with one attached hydrogen (secondary N) is 1. The van der Waals surface area contributed by atoms with Gasteiger partial charge in [-0.1, -0.05) is 0 Å². The Morgan fingerprint density at radius 1 is 1.62 bits per heavy atom. The van der Waals surface area contributed by atoms with Crippen molar-refractivity contribution >= 4 is 0 Å². The van der Waals surface area contributed by atoms with Gasteiger partial charge in [-0.15, -0.1) is 0 Å². The van der Waals surface area contributed by atoms with Crippen molar-refractivity contribution in [3.63, 3.8) is 0 Å². The molecule has 1 aromatic rings. The molecule has 1 heterocycles. The number of rotatable bonds is 2. The minimum Gasteiger partial charge on any atom is -0.394 e. The molecule has 0 bridgehead atoms. The van der Waals surface area contributed by atoms with Crippen molar-refractivity contribution in [2.45, 2.75) is 19.4 Å². The van der Waals surface area contributed by atoms with Gasteiger partial charge in [0.1, 0.15) is 0 Å². The molecule has 1 atom stereocenters. The molecule has 0 saturated heterocycles. The Morgan fingerprint density at radius 3 is 2.69 bits per heavy atom. The monoisotopic (exact) mass is 182 g/mol. The van der Waals surface area contributed by atoms with E-state index in [1.807, 2.05) is 0 Å². The summed E-state index contributed by atoms with van der Waals surface area (Å²) in [5.41, 5.74) is 6.32. The van der Waals surface area contributed by atoms with E-state index in [0.717, 1.165) is 5.56 Å². The minimum atomic E-state index is -0.797. The zero-order valence-electron chi connectivity index (χ0n) is 7.79. The summed E-state index contributed by atoms with van der Waals surface area (Å²) in [7, 11) is 0. The SMILES string of the molecule is Cc1[nH]c(=O)ccc1[C@](C)(N)CO. The Balaban J connectivity index is 3.23. The molecule has 0 aliphatic heterocycles. The molecule has 0 spiro atoms. The van der Waals surface area contributed by atoms with Crippen molar-refractivity contribution in [1.82, 2.24) is 4.98 Å². The van der Waals surface area contributed by atoms with E-state index in [9.17, 15) is 4.79 Å². The molecule has 4 nitrogen and oxygen atoms in total. The molecular weight excluding hydrogens is 168 g/mol. The molecule has 0 aromatic carbocycles. The van der Waals surface area contributed by atoms with Gasteiger partial charge >= 0.3 is 0 Å². The third-order valence-electron chi connectivity index (χ3n) is 2.06. The summed E-state index contributed by atoms with van der Waals surface area (Å²) in [6.07, 6.45) is 0. The highest BCUT2D eigenvalue weighted by molar-refractivity contribution is 5.26. The quantitative estimate of drug-likeness (QED) is 0.595. The fourth-order valence-electron chi connectivity index (χ4n) is 1.28. The lowest BCUT2D eigenvalue weighted by Crippen LogP contribution is -2.38. The summed E-state index contributed by atoms with van der Waals surface area (Å²) in [5, 5.41) is 9.02. The first kappa shape index (κ1) is 9.95. The molecule has 0 aliphatic carbocycles. The lowest BCUT2D eigenvalue weighted by Gasteiger charge is -2.23. The standard InChI is InChI=1S/C9H14N2O2/c1-6-7(9(2,10)5-12)3-4-8(13)11-6/h3-4,12H,5,10H2,1-2H3,(H,11,13)/t9-/m1/s1. The normalized spacial score (nSPS) is 15.4. The minimum absolute atomic E-state index is 0.153. The number of aliphatic hydroxyl groups excluding tert-OH is 1. The van der Waals surface area contributed by atoms with Crippen LogP contribution in [-0.2, 0) is 5.54 Å². The van der Waals surface area contributed by atoms with Crippen LogP contribution in [0.5, 0.6) is 0 Å². The smallest absolute Gasteiger partial charge is 0.248 e. The zero-order chi connectivity index (χ0) is 10.1. The van der Waals surface area contributed by atoms with Crippen LogP contribution >= 0.6 is 0 Å². The number of aromatic amines is 1. The number of hydrogen-bond donors (Lipinski definition) is 3. The van der Waals surface area contributed by atoms with Gasteiger partial charge in [0.25, 0.3) is 0 Å². The topological polar surface area (TPSA) is 79.1 Å². The highest BCUT2D eigenvalue weighted by Crippen LogP contribution is 2.17. The maximum atomic E-state index is 10.9. The van der Waals surface area contributed by atoms with Crippen molar-refractivity contribution in [1.29, 1.82) is 0 Å². The third kappa shape index (κ3) is 1.96. The van der Waals surface area contributed by atoms with Crippen LogP contribution in [0.2, 0.25) is 0 Å². The number of aliphatic hydroxyl groups is 1. The summed E-state index contributed by atoms with van der Waals surface area (Å²) < 4.78 is 0. The van der Waals surface area contributed by atoms with E-state index in [2.05, 4.69) is 4.98 Å². The van der Waals surface area contributed by atoms with E-state index in [1.165, 1.54) is 6.07 Å². The van der Waals surface area contributed by atoms with Gasteiger partial charge in [0, 0.05) is 11.8 Å². The van der Waals surface area contributed by atoms with Gasteiger partial charge in [0.05, 0.1) is 12.1 Å². The van der Waals surface area contributed by atoms with Crippen LogP contribution in [-0.4, -0.2) is 16.7 Å². The number of nitrogens with two attached hydrogens (primary N) is 1. The highest BCUT2D eigenvalue weighted by atomic mass is 16.3. The fraction of sp³-hybridized carbons (Fsp3) is 0.444. The molecule has 4 N–H and O–H groups in total. The molecule has 0 aliphatic rings. The molecule has 0 saturated carbocycles. The highest BCUT2D eigenvalue weighted by Gasteiger charge is 2.21. The van der Waals surface area contributed by atoms with Crippen molar-refractivity contribution in [2.75, 3.05) is 6.61 Å². The molecule has 1 rings (SSSR count). The van der Waals surface area contributed by atoms with E-state index in [0.29, 0.717) is 5.69 Å². The van der Waals surface area contributed by atoms with Crippen molar-refractivity contribution < 1.29 is 5.11 Å². The predicted molar refractivity (Wildman–Crippen MR) is 50.4 cm³/mol. The van der Waals surface area contributed by atoms with Crippen LogP contribution in [0.25, 0.3) is 0 Å². The zero-order valence-corrected chi connectivity index (χ0v) is 7.79. The third-order valence-corrected chi connectivity index (χ3v) is 2.06. The number of H-pyrrole nitrogens is 1. The van der Waals surface area contributed by atoms with Crippen LogP contribution in [0.15, 0.2) is 16.9 Å². The maximum Gasteiger partial charge on any atom is 0.248 e. The molecule has 0 amide bonds. The van der Waals surface area contributed by atoms with Crippen LogP contribution in [0.1, 0.15) is 18.2 Å². The summed E-state index contributed by atoms with van der Waals surface area (Å²) >= 11 is 0. The fourth-order valence-corrected chi connectivity index (χ4v) is 1.28. The first-order valence-corrected chi connectivity index (χ1v) is 4.07. The molecule has 72 valence electrons. The molecule has 0 radical (unpaired) electrons.